The van der Waals surface area contributed by atoms with Crippen LogP contribution in [0.25, 0.3) is 22.5 Å². The lowest BCUT2D eigenvalue weighted by molar-refractivity contribution is 0.571. The van der Waals surface area contributed by atoms with Crippen molar-refractivity contribution in [3.05, 3.63) is 86.8 Å². The van der Waals surface area contributed by atoms with Crippen LogP contribution in [-0.4, -0.2) is 15.9 Å². The topological polar surface area (TPSA) is 60.4 Å². The fourth-order valence-electron chi connectivity index (χ4n) is 2.52. The van der Waals surface area contributed by atoms with E-state index in [1.807, 2.05) is 6.07 Å². The Morgan fingerprint density at radius 1 is 1.08 bits per heavy atom. The Hall–Kier alpha value is -2.89. The quantitative estimate of drug-likeness (QED) is 0.475. The number of fused-ring (bicyclic) bond motifs is 1. The Labute approximate surface area is 158 Å². The normalized spacial score (nSPS) is 11.5. The fourth-order valence-corrected chi connectivity index (χ4v) is 2.98. The summed E-state index contributed by atoms with van der Waals surface area (Å²) in [5.74, 6) is 0.743. The first kappa shape index (κ1) is 16.6. The highest BCUT2D eigenvalue weighted by Gasteiger charge is 2.14. The summed E-state index contributed by atoms with van der Waals surface area (Å²) in [6.45, 7) is 0. The van der Waals surface area contributed by atoms with Crippen LogP contribution in [0.15, 0.2) is 75.2 Å². The molecule has 0 aliphatic rings. The van der Waals surface area contributed by atoms with Crippen molar-refractivity contribution in [1.82, 2.24) is 9.66 Å². The van der Waals surface area contributed by atoms with Gasteiger partial charge in [-0.05, 0) is 36.4 Å². The molecule has 7 heteroatoms. The minimum atomic E-state index is -0.302. The fraction of sp³-hybridized carbons (Fsp3) is 0. The highest BCUT2D eigenvalue weighted by atomic mass is 35.5. The third-order valence-electron chi connectivity index (χ3n) is 3.77. The molecule has 0 aliphatic heterocycles. The van der Waals surface area contributed by atoms with Gasteiger partial charge in [0.2, 0.25) is 5.82 Å². The van der Waals surface area contributed by atoms with Gasteiger partial charge in [-0.2, -0.15) is 9.78 Å². The van der Waals surface area contributed by atoms with E-state index in [1.165, 1.54) is 17.2 Å². The Bertz CT molecular complexity index is 1180. The number of hydrogen-bond donors (Lipinski definition) is 0. The van der Waals surface area contributed by atoms with Gasteiger partial charge >= 0.3 is 0 Å². The Balaban J connectivity index is 1.93. The van der Waals surface area contributed by atoms with Crippen LogP contribution >= 0.6 is 23.2 Å². The van der Waals surface area contributed by atoms with Gasteiger partial charge in [0.25, 0.3) is 5.56 Å². The lowest BCUT2D eigenvalue weighted by Crippen LogP contribution is -2.20. The van der Waals surface area contributed by atoms with Crippen LogP contribution in [0.2, 0.25) is 10.0 Å². The molecule has 0 fully saturated rings. The molecule has 4 rings (SSSR count). The molecule has 2 heterocycles. The zero-order valence-corrected chi connectivity index (χ0v) is 14.8. The zero-order valence-electron chi connectivity index (χ0n) is 13.3. The second-order valence-corrected chi connectivity index (χ2v) is 6.30. The minimum absolute atomic E-state index is 0.302. The van der Waals surface area contributed by atoms with E-state index >= 15 is 0 Å². The largest absolute Gasteiger partial charge is 0.461 e. The highest BCUT2D eigenvalue weighted by molar-refractivity contribution is 6.36. The van der Waals surface area contributed by atoms with Crippen LogP contribution in [0, 0.1) is 0 Å². The minimum Gasteiger partial charge on any atom is -0.461 e. The van der Waals surface area contributed by atoms with E-state index in [2.05, 4.69) is 10.1 Å². The molecule has 0 unspecified atom stereocenters. The van der Waals surface area contributed by atoms with Crippen molar-refractivity contribution in [3.63, 3.8) is 0 Å². The van der Waals surface area contributed by atoms with Crippen LogP contribution in [0.5, 0.6) is 0 Å². The molecule has 4 aromatic rings. The summed E-state index contributed by atoms with van der Waals surface area (Å²) in [7, 11) is 0. The number of nitrogens with zero attached hydrogens (tertiary/aromatic N) is 3. The Kier molecular flexibility index (Phi) is 4.32. The van der Waals surface area contributed by atoms with Crippen LogP contribution in [-0.2, 0) is 0 Å². The van der Waals surface area contributed by atoms with Crippen molar-refractivity contribution in [2.24, 2.45) is 5.10 Å². The third kappa shape index (κ3) is 3.03. The molecular weight excluding hydrogens is 373 g/mol. The predicted molar refractivity (Wildman–Crippen MR) is 103 cm³/mol. The van der Waals surface area contributed by atoms with Gasteiger partial charge in [0.05, 0.1) is 28.4 Å². The smallest absolute Gasteiger partial charge is 0.282 e. The van der Waals surface area contributed by atoms with Crippen molar-refractivity contribution >= 4 is 40.3 Å². The molecule has 0 radical (unpaired) electrons. The van der Waals surface area contributed by atoms with Crippen LogP contribution in [0.1, 0.15) is 5.56 Å². The molecule has 0 bridgehead atoms. The molecule has 0 atom stereocenters. The van der Waals surface area contributed by atoms with E-state index in [0.29, 0.717) is 38.1 Å². The van der Waals surface area contributed by atoms with Gasteiger partial charge in [-0.3, -0.25) is 4.79 Å². The molecule has 2 aromatic heterocycles. The van der Waals surface area contributed by atoms with E-state index in [9.17, 15) is 4.79 Å². The molecule has 2 aromatic carbocycles. The average Bonchev–Trinajstić information content (AvgIpc) is 3.17. The summed E-state index contributed by atoms with van der Waals surface area (Å²) in [4.78, 5) is 17.4. The summed E-state index contributed by atoms with van der Waals surface area (Å²) in [6.07, 6.45) is 3.00. The number of furan rings is 1. The molecule has 26 heavy (non-hydrogen) atoms. The summed E-state index contributed by atoms with van der Waals surface area (Å²) in [5, 5.41) is 5.72. The van der Waals surface area contributed by atoms with Crippen molar-refractivity contribution in [3.8, 4) is 11.6 Å². The maximum absolute atomic E-state index is 12.9. The molecule has 0 saturated carbocycles. The number of para-hydroxylation sites is 1. The summed E-state index contributed by atoms with van der Waals surface area (Å²) in [5.41, 5.74) is 0.893. The molecule has 0 saturated heterocycles. The molecule has 5 nitrogen and oxygen atoms in total. The van der Waals surface area contributed by atoms with Gasteiger partial charge in [-0.15, -0.1) is 0 Å². The van der Waals surface area contributed by atoms with Crippen LogP contribution < -0.4 is 5.56 Å². The molecule has 0 spiro atoms. The maximum atomic E-state index is 12.9. The van der Waals surface area contributed by atoms with Gasteiger partial charge in [0.15, 0.2) is 5.76 Å². The van der Waals surface area contributed by atoms with Gasteiger partial charge in [0.1, 0.15) is 0 Å². The SMILES string of the molecule is O=c1c2ccccc2nc(-c2ccco2)n1/N=C/c1ccc(Cl)cc1Cl. The van der Waals surface area contributed by atoms with E-state index in [1.54, 1.807) is 48.5 Å². The maximum Gasteiger partial charge on any atom is 0.282 e. The van der Waals surface area contributed by atoms with Gasteiger partial charge in [-0.1, -0.05) is 41.4 Å². The van der Waals surface area contributed by atoms with Crippen molar-refractivity contribution in [1.29, 1.82) is 0 Å². The number of halogens is 2. The second-order valence-electron chi connectivity index (χ2n) is 5.46. The summed E-state index contributed by atoms with van der Waals surface area (Å²) in [6, 6.07) is 15.6. The van der Waals surface area contributed by atoms with Crippen molar-refractivity contribution in [2.75, 3.05) is 0 Å². The standard InChI is InChI=1S/C19H11Cl2N3O2/c20-13-8-7-12(15(21)10-13)11-22-24-18(17-6-3-9-26-17)23-16-5-2-1-4-14(16)19(24)25/h1-11H/b22-11+. The lowest BCUT2D eigenvalue weighted by Gasteiger charge is -2.07. The first-order valence-corrected chi connectivity index (χ1v) is 8.44. The van der Waals surface area contributed by atoms with E-state index in [0.717, 1.165) is 0 Å². The molecule has 0 N–H and O–H groups in total. The Morgan fingerprint density at radius 3 is 2.69 bits per heavy atom. The third-order valence-corrected chi connectivity index (χ3v) is 4.33. The molecule has 0 aliphatic carbocycles. The number of aromatic nitrogens is 2. The molecule has 0 amide bonds. The zero-order chi connectivity index (χ0) is 18.1. The van der Waals surface area contributed by atoms with Crippen molar-refractivity contribution < 1.29 is 4.42 Å². The van der Waals surface area contributed by atoms with Crippen molar-refractivity contribution in [2.45, 2.75) is 0 Å². The van der Waals surface area contributed by atoms with Gasteiger partial charge in [0, 0.05) is 10.6 Å². The first-order valence-electron chi connectivity index (χ1n) is 7.68. The molecule has 128 valence electrons. The summed E-state index contributed by atoms with van der Waals surface area (Å²) >= 11 is 12.1. The van der Waals surface area contributed by atoms with Gasteiger partial charge < -0.3 is 4.42 Å². The number of hydrogen-bond acceptors (Lipinski definition) is 4. The number of rotatable bonds is 3. The van der Waals surface area contributed by atoms with E-state index < -0.39 is 0 Å². The molecular formula is C19H11Cl2N3O2. The van der Waals surface area contributed by atoms with Crippen LogP contribution in [0.4, 0.5) is 0 Å². The summed E-state index contributed by atoms with van der Waals surface area (Å²) < 4.78 is 6.62. The second kappa shape index (κ2) is 6.78. The van der Waals surface area contributed by atoms with Crippen LogP contribution in [0.3, 0.4) is 0 Å². The monoisotopic (exact) mass is 383 g/mol. The number of benzene rings is 2. The van der Waals surface area contributed by atoms with E-state index in [-0.39, 0.29) is 5.56 Å². The van der Waals surface area contributed by atoms with Gasteiger partial charge in [-0.25, -0.2) is 4.98 Å². The Morgan fingerprint density at radius 2 is 1.92 bits per heavy atom. The highest BCUT2D eigenvalue weighted by Crippen LogP contribution is 2.21. The lowest BCUT2D eigenvalue weighted by atomic mass is 10.2. The van der Waals surface area contributed by atoms with E-state index in [4.69, 9.17) is 27.6 Å². The predicted octanol–water partition coefficient (Wildman–Crippen LogP) is 4.85. The first-order chi connectivity index (χ1) is 12.6. The average molecular weight is 384 g/mol.